The molecular weight excluding hydrogens is 388 g/mol. The Hall–Kier alpha value is -3.74. The predicted molar refractivity (Wildman–Crippen MR) is 113 cm³/mol. The molecule has 6 nitrogen and oxygen atoms in total. The first-order valence-electron chi connectivity index (χ1n) is 10.2. The van der Waals surface area contributed by atoms with Crippen LogP contribution in [-0.2, 0) is 4.79 Å². The fourth-order valence-corrected chi connectivity index (χ4v) is 5.06. The van der Waals surface area contributed by atoms with Crippen molar-refractivity contribution < 1.29 is 14.8 Å². The average Bonchev–Trinajstić information content (AvgIpc) is 2.79. The van der Waals surface area contributed by atoms with Crippen molar-refractivity contribution in [2.75, 3.05) is 20.1 Å². The van der Waals surface area contributed by atoms with E-state index in [4.69, 9.17) is 5.41 Å². The van der Waals surface area contributed by atoms with Gasteiger partial charge in [-0.3, -0.25) is 0 Å². The largest absolute Gasteiger partial charge is 0.549 e. The maximum atomic E-state index is 11.9. The van der Waals surface area contributed by atoms with Crippen LogP contribution in [0.25, 0.3) is 11.1 Å². The lowest BCUT2D eigenvalue weighted by atomic mass is 9.54. The van der Waals surface area contributed by atoms with E-state index in [1.54, 1.807) is 0 Å². The van der Waals surface area contributed by atoms with Crippen LogP contribution in [0.2, 0.25) is 0 Å². The van der Waals surface area contributed by atoms with E-state index in [0.29, 0.717) is 18.7 Å². The van der Waals surface area contributed by atoms with Gasteiger partial charge in [-0.05, 0) is 28.3 Å². The normalized spacial score (nSPS) is 26.7. The van der Waals surface area contributed by atoms with Gasteiger partial charge in [0.15, 0.2) is 5.41 Å². The lowest BCUT2D eigenvalue weighted by Crippen LogP contribution is -3.10. The van der Waals surface area contributed by atoms with E-state index >= 15 is 0 Å². The van der Waals surface area contributed by atoms with Gasteiger partial charge < -0.3 is 20.2 Å². The average molecular weight is 410 g/mol. The van der Waals surface area contributed by atoms with Crippen LogP contribution >= 0.6 is 0 Å². The molecule has 6 heteroatoms. The molecule has 2 aromatic carbocycles. The van der Waals surface area contributed by atoms with Gasteiger partial charge in [-0.15, -0.1) is 0 Å². The van der Waals surface area contributed by atoms with E-state index in [1.165, 1.54) is 0 Å². The van der Waals surface area contributed by atoms with Gasteiger partial charge in [-0.1, -0.05) is 54.6 Å². The van der Waals surface area contributed by atoms with Crippen LogP contribution < -0.4 is 10.0 Å². The third-order valence-electron chi connectivity index (χ3n) is 6.56. The summed E-state index contributed by atoms with van der Waals surface area (Å²) >= 11 is 0. The standard InChI is InChI=1S/C25H22N4O2/c1-29-12-11-19-20(13-29)22(25(14-26,15-27)23(28)21(19)24(30)31)18-9-7-17(8-10-18)16-5-3-2-4-6-16/h2-11,20-22,28H,12-13H2,1H3,(H,30,31)/t20-,21?,22+/m1/s1. The van der Waals surface area contributed by atoms with E-state index in [0.717, 1.165) is 21.6 Å². The highest BCUT2D eigenvalue weighted by molar-refractivity contribution is 6.09. The summed E-state index contributed by atoms with van der Waals surface area (Å²) < 4.78 is 0. The molecule has 2 unspecified atom stereocenters. The number of carbonyl (C=O) groups is 1. The van der Waals surface area contributed by atoms with Crippen molar-refractivity contribution in [3.63, 3.8) is 0 Å². The Morgan fingerprint density at radius 1 is 1.10 bits per heavy atom. The van der Waals surface area contributed by atoms with Crippen molar-refractivity contribution in [3.05, 3.63) is 71.8 Å². The first-order valence-corrected chi connectivity index (χ1v) is 10.2. The number of nitrogens with zero attached hydrogens (tertiary/aromatic N) is 2. The second-order valence-corrected chi connectivity index (χ2v) is 8.34. The van der Waals surface area contributed by atoms with Gasteiger partial charge >= 0.3 is 0 Å². The monoisotopic (exact) mass is 410 g/mol. The molecule has 1 heterocycles. The zero-order valence-corrected chi connectivity index (χ0v) is 17.1. The summed E-state index contributed by atoms with van der Waals surface area (Å²) in [7, 11) is 2.00. The van der Waals surface area contributed by atoms with E-state index in [9.17, 15) is 20.4 Å². The summed E-state index contributed by atoms with van der Waals surface area (Å²) in [5.41, 5.74) is 1.15. The fraction of sp³-hybridized carbons (Fsp3) is 0.280. The number of fused-ring (bicyclic) bond motifs is 1. The highest BCUT2D eigenvalue weighted by atomic mass is 16.4. The van der Waals surface area contributed by atoms with E-state index < -0.39 is 28.9 Å². The molecule has 1 fully saturated rings. The second kappa shape index (κ2) is 7.83. The van der Waals surface area contributed by atoms with Crippen LogP contribution in [0.3, 0.4) is 0 Å². The number of carboxylic acid groups (broad SMARTS) is 1. The van der Waals surface area contributed by atoms with E-state index in [1.807, 2.05) is 79.9 Å². The topological polar surface area (TPSA) is 116 Å². The number of benzene rings is 2. The number of carboxylic acids is 1. The van der Waals surface area contributed by atoms with Crippen molar-refractivity contribution in [2.45, 2.75) is 5.92 Å². The number of rotatable bonds is 3. The number of carbonyl (C=O) groups excluding carboxylic acids is 1. The van der Waals surface area contributed by atoms with Crippen LogP contribution in [-0.4, -0.2) is 31.8 Å². The Balaban J connectivity index is 1.86. The van der Waals surface area contributed by atoms with E-state index in [-0.39, 0.29) is 5.92 Å². The molecule has 2 aromatic rings. The molecular formula is C25H22N4O2. The maximum absolute atomic E-state index is 11.9. The highest BCUT2D eigenvalue weighted by Gasteiger charge is 2.58. The van der Waals surface area contributed by atoms with Gasteiger partial charge in [0.2, 0.25) is 0 Å². The first kappa shape index (κ1) is 20.5. The van der Waals surface area contributed by atoms with Crippen molar-refractivity contribution in [2.24, 2.45) is 17.3 Å². The number of quaternary nitrogens is 1. The molecule has 154 valence electrons. The molecule has 1 saturated carbocycles. The Morgan fingerprint density at radius 3 is 2.29 bits per heavy atom. The molecule has 2 aliphatic rings. The van der Waals surface area contributed by atoms with Gasteiger partial charge in [0.05, 0.1) is 49.9 Å². The molecule has 4 rings (SSSR count). The number of nitriles is 2. The summed E-state index contributed by atoms with van der Waals surface area (Å²) in [6.07, 6.45) is 1.85. The molecule has 2 N–H and O–H groups in total. The Kier molecular flexibility index (Phi) is 5.19. The second-order valence-electron chi connectivity index (χ2n) is 8.34. The summed E-state index contributed by atoms with van der Waals surface area (Å²) in [6.45, 7) is 1.22. The molecule has 1 aliphatic carbocycles. The lowest BCUT2D eigenvalue weighted by Gasteiger charge is -2.48. The molecule has 0 saturated heterocycles. The zero-order valence-electron chi connectivity index (χ0n) is 17.1. The number of nitrogens with one attached hydrogen (secondary N) is 2. The Labute approximate surface area is 181 Å². The minimum atomic E-state index is -1.86. The van der Waals surface area contributed by atoms with E-state index in [2.05, 4.69) is 0 Å². The van der Waals surface area contributed by atoms with Crippen molar-refractivity contribution in [3.8, 4) is 23.3 Å². The fourth-order valence-electron chi connectivity index (χ4n) is 5.06. The number of hydrogen-bond acceptors (Lipinski definition) is 5. The predicted octanol–water partition coefficient (Wildman–Crippen LogP) is 0.941. The zero-order chi connectivity index (χ0) is 22.2. The van der Waals surface area contributed by atoms with Crippen molar-refractivity contribution >= 4 is 11.7 Å². The first-order chi connectivity index (χ1) is 14.9. The van der Waals surface area contributed by atoms with Crippen molar-refractivity contribution in [1.29, 1.82) is 15.9 Å². The molecule has 4 atom stereocenters. The molecule has 0 radical (unpaired) electrons. The SMILES string of the molecule is C[NH+]1CC=C2C(C(=O)[O-])C(=N)C(C#N)(C#N)[C@@H](c3ccc(-c4ccccc4)cc3)[C@@H]2C1. The van der Waals surface area contributed by atoms with Gasteiger partial charge in [-0.25, -0.2) is 0 Å². The van der Waals surface area contributed by atoms with Crippen LogP contribution in [0, 0.1) is 45.3 Å². The van der Waals surface area contributed by atoms with Gasteiger partial charge in [0.25, 0.3) is 0 Å². The summed E-state index contributed by atoms with van der Waals surface area (Å²) in [4.78, 5) is 13.1. The summed E-state index contributed by atoms with van der Waals surface area (Å²) in [5.74, 6) is -3.73. The summed E-state index contributed by atoms with van der Waals surface area (Å²) in [5, 5.41) is 40.7. The van der Waals surface area contributed by atoms with Crippen LogP contribution in [0.4, 0.5) is 0 Å². The van der Waals surface area contributed by atoms with Crippen molar-refractivity contribution in [1.82, 2.24) is 0 Å². The van der Waals surface area contributed by atoms with Gasteiger partial charge in [-0.2, -0.15) is 10.5 Å². The van der Waals surface area contributed by atoms with Crippen LogP contribution in [0.1, 0.15) is 11.5 Å². The molecule has 0 amide bonds. The lowest BCUT2D eigenvalue weighted by molar-refractivity contribution is -0.878. The number of likely N-dealkylation sites (N-methyl/N-ethyl adjacent to an activating group) is 1. The Bertz CT molecular complexity index is 1120. The molecule has 0 spiro atoms. The molecule has 0 aromatic heterocycles. The maximum Gasteiger partial charge on any atom is 0.189 e. The molecule has 1 aliphatic heterocycles. The van der Waals surface area contributed by atoms with Crippen LogP contribution in [0.15, 0.2) is 66.2 Å². The molecule has 0 bridgehead atoms. The highest BCUT2D eigenvalue weighted by Crippen LogP contribution is 2.52. The van der Waals surface area contributed by atoms with Gasteiger partial charge in [0, 0.05) is 11.8 Å². The quantitative estimate of drug-likeness (QED) is 0.733. The Morgan fingerprint density at radius 2 is 1.71 bits per heavy atom. The minimum Gasteiger partial charge on any atom is -0.549 e. The minimum absolute atomic E-state index is 0.340. The third-order valence-corrected chi connectivity index (χ3v) is 6.56. The molecule has 31 heavy (non-hydrogen) atoms. The third kappa shape index (κ3) is 3.22. The van der Waals surface area contributed by atoms with Crippen LogP contribution in [0.5, 0.6) is 0 Å². The summed E-state index contributed by atoms with van der Waals surface area (Å²) in [6, 6.07) is 21.6. The smallest absolute Gasteiger partial charge is 0.189 e. The number of aliphatic carboxylic acids is 1. The number of hydrogen-bond donors (Lipinski definition) is 2. The van der Waals surface area contributed by atoms with Gasteiger partial charge in [0.1, 0.15) is 0 Å².